The molecule has 1 aliphatic heterocycles. The standard InChI is InChI=1S/C45H70N6O11/c1-9-10-11-12-13-14-15-16-36(55)48-40(28(4)5)43(59)47-33(25-52)35(54)24-38(57)50-39(27(2)3)42(58)46-31-19-22-37(56)49-41(29(6)7)44(60)51(8)34(45(61)62-26-31)23-30-17-20-32(53)21-18-30/h14-15,17-22,27-29,31,33-35,39-41,52-54H,9-13,16,23-26H2,1-8H3,(H,46,58)(H,47,59)(H,48,55)(H,49,56)(H,50,57)/b15-14-,22-19-/t31-,33+,34+,35+,39+,40+,41+/m1/s1. The predicted octanol–water partition coefficient (Wildman–Crippen LogP) is 1.93. The van der Waals surface area contributed by atoms with E-state index in [0.29, 0.717) is 5.56 Å². The molecule has 8 N–H and O–H groups in total. The van der Waals surface area contributed by atoms with E-state index in [1.807, 2.05) is 6.08 Å². The summed E-state index contributed by atoms with van der Waals surface area (Å²) in [4.78, 5) is 94.3. The van der Waals surface area contributed by atoms with Gasteiger partial charge in [-0.2, -0.15) is 0 Å². The van der Waals surface area contributed by atoms with Crippen molar-refractivity contribution < 1.29 is 53.6 Å². The Hall–Kier alpha value is -5.29. The Kier molecular flexibility index (Phi) is 22.9. The number of carbonyl (C=O) groups excluding carboxylic acids is 7. The molecule has 0 bridgehead atoms. The topological polar surface area (TPSA) is 253 Å². The summed E-state index contributed by atoms with van der Waals surface area (Å²) in [5.41, 5.74) is 0.621. The first-order valence-corrected chi connectivity index (χ1v) is 21.6. The zero-order valence-electron chi connectivity index (χ0n) is 37.5. The lowest BCUT2D eigenvalue weighted by atomic mass is 9.99. The third-order valence-corrected chi connectivity index (χ3v) is 10.5. The summed E-state index contributed by atoms with van der Waals surface area (Å²) in [5.74, 6) is -5.64. The average Bonchev–Trinajstić information content (AvgIpc) is 3.21. The molecule has 1 aromatic rings. The van der Waals surface area contributed by atoms with Crippen LogP contribution in [0.1, 0.15) is 99.0 Å². The summed E-state index contributed by atoms with van der Waals surface area (Å²) in [6.07, 6.45) is 9.31. The average molecular weight is 871 g/mol. The number of likely N-dealkylation sites (N-methyl/N-ethyl adjacent to an activating group) is 1. The van der Waals surface area contributed by atoms with E-state index in [4.69, 9.17) is 4.74 Å². The molecule has 0 unspecified atom stereocenters. The van der Waals surface area contributed by atoms with Crippen LogP contribution in [0, 0.1) is 17.8 Å². The van der Waals surface area contributed by atoms with Crippen molar-refractivity contribution in [3.05, 3.63) is 54.1 Å². The van der Waals surface area contributed by atoms with Gasteiger partial charge >= 0.3 is 5.97 Å². The van der Waals surface area contributed by atoms with Crippen LogP contribution < -0.4 is 26.6 Å². The first-order chi connectivity index (χ1) is 29.3. The molecule has 0 saturated heterocycles. The van der Waals surface area contributed by atoms with Crippen molar-refractivity contribution in [2.75, 3.05) is 20.3 Å². The molecule has 0 fully saturated rings. The van der Waals surface area contributed by atoms with Crippen LogP contribution >= 0.6 is 0 Å². The van der Waals surface area contributed by atoms with Gasteiger partial charge in [0.1, 0.15) is 36.5 Å². The maximum absolute atomic E-state index is 13.7. The van der Waals surface area contributed by atoms with Gasteiger partial charge in [0.2, 0.25) is 35.4 Å². The summed E-state index contributed by atoms with van der Waals surface area (Å²) >= 11 is 0. The number of nitrogens with zero attached hydrogens (tertiary/aromatic N) is 1. The molecule has 0 aliphatic carbocycles. The molecule has 1 aliphatic rings. The Bertz CT molecular complexity index is 1700. The lowest BCUT2D eigenvalue weighted by Crippen LogP contribution is -2.57. The highest BCUT2D eigenvalue weighted by atomic mass is 16.5. The second-order valence-electron chi connectivity index (χ2n) is 16.8. The van der Waals surface area contributed by atoms with Crippen molar-refractivity contribution in [2.45, 2.75) is 142 Å². The Morgan fingerprint density at radius 1 is 0.887 bits per heavy atom. The summed E-state index contributed by atoms with van der Waals surface area (Å²) < 4.78 is 5.64. The van der Waals surface area contributed by atoms with Gasteiger partial charge < -0.3 is 51.5 Å². The first-order valence-electron chi connectivity index (χ1n) is 21.6. The molecule has 0 aromatic heterocycles. The molecule has 2 rings (SSSR count). The van der Waals surface area contributed by atoms with Crippen molar-refractivity contribution in [2.24, 2.45) is 17.8 Å². The van der Waals surface area contributed by atoms with Crippen LogP contribution in [-0.4, -0.2) is 124 Å². The van der Waals surface area contributed by atoms with Crippen LogP contribution in [0.4, 0.5) is 0 Å². The number of cyclic esters (lactones) is 1. The number of aliphatic hydroxyl groups excluding tert-OH is 2. The van der Waals surface area contributed by atoms with Gasteiger partial charge in [0, 0.05) is 26.0 Å². The van der Waals surface area contributed by atoms with Crippen molar-refractivity contribution in [1.82, 2.24) is 31.5 Å². The number of phenols is 1. The van der Waals surface area contributed by atoms with E-state index in [1.165, 1.54) is 30.2 Å². The van der Waals surface area contributed by atoms with Crippen molar-refractivity contribution in [1.29, 1.82) is 0 Å². The van der Waals surface area contributed by atoms with E-state index in [9.17, 15) is 48.9 Å². The largest absolute Gasteiger partial charge is 0.508 e. The third kappa shape index (κ3) is 18.0. The van der Waals surface area contributed by atoms with Crippen LogP contribution in [0.25, 0.3) is 0 Å². The van der Waals surface area contributed by atoms with Gasteiger partial charge in [-0.3, -0.25) is 28.8 Å². The van der Waals surface area contributed by atoms with Crippen LogP contribution in [0.2, 0.25) is 0 Å². The molecule has 0 saturated carbocycles. The zero-order valence-corrected chi connectivity index (χ0v) is 37.5. The number of nitrogens with one attached hydrogen (secondary N) is 5. The third-order valence-electron chi connectivity index (χ3n) is 10.5. The molecule has 346 valence electrons. The molecular weight excluding hydrogens is 801 g/mol. The quantitative estimate of drug-likeness (QED) is 0.0475. The predicted molar refractivity (Wildman–Crippen MR) is 233 cm³/mol. The molecule has 6 amide bonds. The van der Waals surface area contributed by atoms with E-state index in [2.05, 4.69) is 33.5 Å². The smallest absolute Gasteiger partial charge is 0.329 e. The second-order valence-corrected chi connectivity index (χ2v) is 16.8. The normalized spacial score (nSPS) is 20.0. The maximum atomic E-state index is 13.7. The van der Waals surface area contributed by atoms with Crippen LogP contribution in [-0.2, 0) is 44.7 Å². The highest BCUT2D eigenvalue weighted by Gasteiger charge is 2.36. The number of ether oxygens (including phenoxy) is 1. The van der Waals surface area contributed by atoms with Gasteiger partial charge in [0.25, 0.3) is 0 Å². The lowest BCUT2D eigenvalue weighted by Gasteiger charge is -2.32. The van der Waals surface area contributed by atoms with Crippen LogP contribution in [0.15, 0.2) is 48.6 Å². The summed E-state index contributed by atoms with van der Waals surface area (Å²) in [7, 11) is 1.43. The fraction of sp³-hybridized carbons (Fsp3) is 0.622. The molecular formula is C45H70N6O11. The Labute approximate surface area is 365 Å². The van der Waals surface area contributed by atoms with Gasteiger partial charge in [-0.1, -0.05) is 98.1 Å². The fourth-order valence-corrected chi connectivity index (χ4v) is 6.61. The van der Waals surface area contributed by atoms with E-state index < -0.39 is 103 Å². The van der Waals surface area contributed by atoms with Gasteiger partial charge in [-0.05, 0) is 48.3 Å². The number of esters is 1. The SMILES string of the molecule is CCCCCC/C=C\CC(=O)N[C@H](C(=O)N[C@@H](CO)[C@@H](O)CC(=O)N[C@H](C(=O)N[C@@H]1/C=C\C(=O)N[C@@H](C(C)C)C(=O)N(C)[C@@H](Cc2ccc(O)cc2)C(=O)OC1)C(C)C)C(C)C. The minimum Gasteiger partial charge on any atom is -0.508 e. The maximum Gasteiger partial charge on any atom is 0.329 e. The number of hydrogen-bond acceptors (Lipinski definition) is 11. The number of phenolic OH excluding ortho intramolecular Hbond substituents is 1. The first kappa shape index (κ1) is 52.8. The van der Waals surface area contributed by atoms with E-state index in [-0.39, 0.29) is 36.3 Å². The number of unbranched alkanes of at least 4 members (excludes halogenated alkanes) is 4. The molecule has 0 spiro atoms. The Morgan fingerprint density at radius 2 is 1.52 bits per heavy atom. The molecule has 0 radical (unpaired) electrons. The molecule has 17 heteroatoms. The highest BCUT2D eigenvalue weighted by molar-refractivity contribution is 5.95. The minimum absolute atomic E-state index is 0.0166. The number of carbonyl (C=O) groups is 7. The summed E-state index contributed by atoms with van der Waals surface area (Å²) in [6, 6.07) is -0.567. The number of amides is 6. The highest BCUT2D eigenvalue weighted by Crippen LogP contribution is 2.18. The molecule has 62 heavy (non-hydrogen) atoms. The molecule has 17 nitrogen and oxygen atoms in total. The molecule has 1 heterocycles. The lowest BCUT2D eigenvalue weighted by molar-refractivity contribution is -0.156. The van der Waals surface area contributed by atoms with Gasteiger partial charge in [-0.15, -0.1) is 0 Å². The summed E-state index contributed by atoms with van der Waals surface area (Å²) in [5, 5.41) is 44.0. The molecule has 1 aromatic carbocycles. The number of aliphatic hydroxyl groups is 2. The van der Waals surface area contributed by atoms with Crippen LogP contribution in [0.5, 0.6) is 5.75 Å². The van der Waals surface area contributed by atoms with Gasteiger partial charge in [0.05, 0.1) is 31.2 Å². The number of allylic oxidation sites excluding steroid dienone is 1. The van der Waals surface area contributed by atoms with Gasteiger partial charge in [0.15, 0.2) is 0 Å². The van der Waals surface area contributed by atoms with E-state index >= 15 is 0 Å². The Morgan fingerprint density at radius 3 is 2.11 bits per heavy atom. The minimum atomic E-state index is -1.58. The van der Waals surface area contributed by atoms with Crippen molar-refractivity contribution in [3.63, 3.8) is 0 Å². The van der Waals surface area contributed by atoms with Crippen LogP contribution in [0.3, 0.4) is 0 Å². The van der Waals surface area contributed by atoms with Crippen molar-refractivity contribution >= 4 is 41.4 Å². The Balaban J connectivity index is 2.15. The van der Waals surface area contributed by atoms with Crippen molar-refractivity contribution in [3.8, 4) is 5.75 Å². The number of hydrogen-bond donors (Lipinski definition) is 8. The number of benzene rings is 1. The summed E-state index contributed by atoms with van der Waals surface area (Å²) in [6.45, 7) is 11.2. The van der Waals surface area contributed by atoms with E-state index in [0.717, 1.165) is 38.2 Å². The number of aromatic hydroxyl groups is 1. The second kappa shape index (κ2) is 26.9. The fourth-order valence-electron chi connectivity index (χ4n) is 6.61. The van der Waals surface area contributed by atoms with Gasteiger partial charge in [-0.25, -0.2) is 4.79 Å². The van der Waals surface area contributed by atoms with E-state index in [1.54, 1.807) is 59.8 Å². The monoisotopic (exact) mass is 871 g/mol. The number of rotatable bonds is 22. The zero-order chi connectivity index (χ0) is 46.5. The molecule has 7 atom stereocenters.